The Bertz CT molecular complexity index is 1060. The minimum atomic E-state index is -0.784. The van der Waals surface area contributed by atoms with Crippen molar-refractivity contribution in [3.05, 3.63) is 71.8 Å². The van der Waals surface area contributed by atoms with Crippen LogP contribution >= 0.6 is 11.8 Å². The molecule has 1 aliphatic heterocycles. The summed E-state index contributed by atoms with van der Waals surface area (Å²) in [7, 11) is 0. The number of amides is 1. The van der Waals surface area contributed by atoms with Crippen LogP contribution in [0.3, 0.4) is 0 Å². The molecule has 0 radical (unpaired) electrons. The molecule has 4 rings (SSSR count). The molecule has 1 aliphatic rings. The molecule has 31 heavy (non-hydrogen) atoms. The summed E-state index contributed by atoms with van der Waals surface area (Å²) in [6.45, 7) is 3.28. The molecular weight excluding hydrogens is 418 g/mol. The Morgan fingerprint density at radius 3 is 2.61 bits per heavy atom. The third-order valence-corrected chi connectivity index (χ3v) is 6.11. The number of aromatic nitrogens is 2. The van der Waals surface area contributed by atoms with Gasteiger partial charge in [0.2, 0.25) is 5.91 Å². The maximum Gasteiger partial charge on any atom is 0.229 e. The lowest BCUT2D eigenvalue weighted by molar-refractivity contribution is -0.120. The summed E-state index contributed by atoms with van der Waals surface area (Å²) >= 11 is 1.54. The van der Waals surface area contributed by atoms with Crippen molar-refractivity contribution in [1.82, 2.24) is 10.2 Å². The van der Waals surface area contributed by atoms with Crippen LogP contribution in [0.4, 0.5) is 20.3 Å². The third-order valence-electron chi connectivity index (χ3n) is 5.17. The molecule has 1 atom stereocenters. The number of halogens is 2. The SMILES string of the molecule is Cc1ccc(Sc2ccc(N3CCC[C@@H](C(=O)Nc4ccc(F)cc4F)C3)nn2)cc1. The molecule has 0 unspecified atom stereocenters. The smallest absolute Gasteiger partial charge is 0.229 e. The first-order valence-corrected chi connectivity index (χ1v) is 10.9. The van der Waals surface area contributed by atoms with Crippen LogP contribution in [0.1, 0.15) is 18.4 Å². The van der Waals surface area contributed by atoms with E-state index in [-0.39, 0.29) is 17.5 Å². The summed E-state index contributed by atoms with van der Waals surface area (Å²) in [6.07, 6.45) is 1.51. The molecule has 0 aliphatic carbocycles. The van der Waals surface area contributed by atoms with Crippen molar-refractivity contribution in [3.63, 3.8) is 0 Å². The molecule has 0 saturated carbocycles. The largest absolute Gasteiger partial charge is 0.354 e. The number of aryl methyl sites for hydroxylation is 1. The van der Waals surface area contributed by atoms with E-state index in [1.165, 1.54) is 11.6 Å². The van der Waals surface area contributed by atoms with Gasteiger partial charge in [0, 0.05) is 24.1 Å². The fourth-order valence-electron chi connectivity index (χ4n) is 3.49. The summed E-state index contributed by atoms with van der Waals surface area (Å²) in [5.74, 6) is -1.36. The standard InChI is InChI=1S/C23H22F2N4OS/c1-15-4-7-18(8-5-15)31-22-11-10-21(27-28-22)29-12-2-3-16(14-29)23(30)26-20-9-6-17(24)13-19(20)25/h4-11,13,16H,2-3,12,14H2,1H3,(H,26,30)/t16-/m1/s1. The van der Waals surface area contributed by atoms with Gasteiger partial charge in [0.15, 0.2) is 5.82 Å². The van der Waals surface area contributed by atoms with Gasteiger partial charge >= 0.3 is 0 Å². The Kier molecular flexibility index (Phi) is 6.46. The van der Waals surface area contributed by atoms with Gasteiger partial charge in [-0.3, -0.25) is 4.79 Å². The number of piperidine rings is 1. The molecule has 1 N–H and O–H groups in total. The van der Waals surface area contributed by atoms with E-state index in [4.69, 9.17) is 0 Å². The predicted octanol–water partition coefficient (Wildman–Crippen LogP) is 5.07. The molecule has 3 aromatic rings. The zero-order valence-corrected chi connectivity index (χ0v) is 17.8. The van der Waals surface area contributed by atoms with Gasteiger partial charge in [-0.1, -0.05) is 29.5 Å². The van der Waals surface area contributed by atoms with Crippen molar-refractivity contribution in [2.75, 3.05) is 23.3 Å². The molecule has 1 aromatic heterocycles. The number of hydrogen-bond acceptors (Lipinski definition) is 5. The first-order valence-electron chi connectivity index (χ1n) is 10.1. The topological polar surface area (TPSA) is 58.1 Å². The highest BCUT2D eigenvalue weighted by molar-refractivity contribution is 7.99. The highest BCUT2D eigenvalue weighted by Gasteiger charge is 2.27. The molecule has 5 nitrogen and oxygen atoms in total. The number of anilines is 2. The fourth-order valence-corrected chi connectivity index (χ4v) is 4.22. The number of hydrogen-bond donors (Lipinski definition) is 1. The normalized spacial score (nSPS) is 16.2. The van der Waals surface area contributed by atoms with E-state index < -0.39 is 11.6 Å². The molecule has 1 saturated heterocycles. The monoisotopic (exact) mass is 440 g/mol. The van der Waals surface area contributed by atoms with Gasteiger partial charge < -0.3 is 10.2 Å². The van der Waals surface area contributed by atoms with Crippen molar-refractivity contribution < 1.29 is 13.6 Å². The van der Waals surface area contributed by atoms with E-state index in [1.54, 1.807) is 11.8 Å². The minimum absolute atomic E-state index is 0.0131. The second kappa shape index (κ2) is 9.43. The third kappa shape index (κ3) is 5.38. The van der Waals surface area contributed by atoms with E-state index >= 15 is 0 Å². The summed E-state index contributed by atoms with van der Waals surface area (Å²) in [5, 5.41) is 12.0. The number of carbonyl (C=O) groups is 1. The lowest BCUT2D eigenvalue weighted by Crippen LogP contribution is -2.41. The van der Waals surface area contributed by atoms with Gasteiger partial charge in [-0.2, -0.15) is 0 Å². The number of nitrogens with zero attached hydrogens (tertiary/aromatic N) is 3. The van der Waals surface area contributed by atoms with Gasteiger partial charge in [-0.15, -0.1) is 10.2 Å². The van der Waals surface area contributed by atoms with Crippen molar-refractivity contribution in [1.29, 1.82) is 0 Å². The maximum absolute atomic E-state index is 13.8. The zero-order valence-electron chi connectivity index (χ0n) is 17.0. The van der Waals surface area contributed by atoms with Crippen LogP contribution in [0, 0.1) is 24.5 Å². The molecule has 160 valence electrons. The lowest BCUT2D eigenvalue weighted by atomic mass is 9.97. The summed E-state index contributed by atoms with van der Waals surface area (Å²) in [4.78, 5) is 15.7. The molecule has 1 amide bonds. The van der Waals surface area contributed by atoms with Crippen LogP contribution in [-0.4, -0.2) is 29.2 Å². The quantitative estimate of drug-likeness (QED) is 0.600. The Balaban J connectivity index is 1.38. The molecule has 8 heteroatoms. The Labute approximate surface area is 183 Å². The first kappa shape index (κ1) is 21.2. The minimum Gasteiger partial charge on any atom is -0.354 e. The fraction of sp³-hybridized carbons (Fsp3) is 0.261. The van der Waals surface area contributed by atoms with Gasteiger partial charge in [0.1, 0.15) is 16.7 Å². The first-order chi connectivity index (χ1) is 15.0. The average Bonchev–Trinajstić information content (AvgIpc) is 2.78. The van der Waals surface area contributed by atoms with Crippen LogP contribution in [0.25, 0.3) is 0 Å². The van der Waals surface area contributed by atoms with E-state index in [0.717, 1.165) is 35.0 Å². The highest BCUT2D eigenvalue weighted by Crippen LogP contribution is 2.28. The van der Waals surface area contributed by atoms with Crippen LogP contribution in [0.5, 0.6) is 0 Å². The zero-order chi connectivity index (χ0) is 21.8. The number of rotatable bonds is 5. The molecule has 0 spiro atoms. The lowest BCUT2D eigenvalue weighted by Gasteiger charge is -2.32. The van der Waals surface area contributed by atoms with Crippen molar-refractivity contribution in [3.8, 4) is 0 Å². The van der Waals surface area contributed by atoms with Crippen LogP contribution in [0.15, 0.2) is 64.5 Å². The van der Waals surface area contributed by atoms with Gasteiger partial charge in [0.05, 0.1) is 11.6 Å². The van der Waals surface area contributed by atoms with E-state index in [0.29, 0.717) is 18.8 Å². The second-order valence-corrected chi connectivity index (χ2v) is 8.64. The van der Waals surface area contributed by atoms with E-state index in [2.05, 4.69) is 27.6 Å². The van der Waals surface area contributed by atoms with Crippen LogP contribution < -0.4 is 10.2 Å². The Morgan fingerprint density at radius 2 is 1.90 bits per heavy atom. The number of carbonyl (C=O) groups excluding carboxylic acids is 1. The Hall–Kier alpha value is -3.00. The van der Waals surface area contributed by atoms with Crippen molar-refractivity contribution in [2.24, 2.45) is 5.92 Å². The summed E-state index contributed by atoms with van der Waals surface area (Å²) in [6, 6.07) is 15.2. The highest BCUT2D eigenvalue weighted by atomic mass is 32.2. The van der Waals surface area contributed by atoms with Crippen LogP contribution in [-0.2, 0) is 4.79 Å². The van der Waals surface area contributed by atoms with E-state index in [9.17, 15) is 13.6 Å². The van der Waals surface area contributed by atoms with Crippen LogP contribution in [0.2, 0.25) is 0 Å². The predicted molar refractivity (Wildman–Crippen MR) is 117 cm³/mol. The van der Waals surface area contributed by atoms with Gasteiger partial charge in [0.25, 0.3) is 0 Å². The molecule has 0 bridgehead atoms. The number of benzene rings is 2. The van der Waals surface area contributed by atoms with E-state index in [1.807, 2.05) is 36.1 Å². The Morgan fingerprint density at radius 1 is 1.10 bits per heavy atom. The average molecular weight is 441 g/mol. The summed E-state index contributed by atoms with van der Waals surface area (Å²) < 4.78 is 26.9. The molecule has 2 aromatic carbocycles. The van der Waals surface area contributed by atoms with Gasteiger partial charge in [-0.25, -0.2) is 8.78 Å². The second-order valence-electron chi connectivity index (χ2n) is 7.54. The van der Waals surface area contributed by atoms with Crippen molar-refractivity contribution >= 4 is 29.2 Å². The molecule has 1 fully saturated rings. The van der Waals surface area contributed by atoms with Gasteiger partial charge in [-0.05, 0) is 56.2 Å². The van der Waals surface area contributed by atoms with Crippen molar-refractivity contribution in [2.45, 2.75) is 29.7 Å². The molecule has 2 heterocycles. The number of nitrogens with one attached hydrogen (secondary N) is 1. The summed E-state index contributed by atoms with van der Waals surface area (Å²) in [5.41, 5.74) is 1.19. The maximum atomic E-state index is 13.8. The molecular formula is C23H22F2N4OS.